The fourth-order valence-corrected chi connectivity index (χ4v) is 3.91. The minimum Gasteiger partial charge on any atom is -0.444 e. The second-order valence-electron chi connectivity index (χ2n) is 6.75. The van der Waals surface area contributed by atoms with Crippen LogP contribution in [0.3, 0.4) is 0 Å². The Labute approximate surface area is 166 Å². The first-order valence-electron chi connectivity index (χ1n) is 9.06. The first kappa shape index (κ1) is 18.3. The van der Waals surface area contributed by atoms with E-state index in [-0.39, 0.29) is 5.91 Å². The Balaban J connectivity index is 1.45. The van der Waals surface area contributed by atoms with Gasteiger partial charge < -0.3 is 19.0 Å². The van der Waals surface area contributed by atoms with Crippen LogP contribution in [0.15, 0.2) is 45.6 Å². The van der Waals surface area contributed by atoms with E-state index in [0.29, 0.717) is 10.4 Å². The van der Waals surface area contributed by atoms with Crippen molar-refractivity contribution in [3.8, 4) is 0 Å². The zero-order valence-corrected chi connectivity index (χ0v) is 16.8. The lowest BCUT2D eigenvalue weighted by Gasteiger charge is -2.26. The van der Waals surface area contributed by atoms with Gasteiger partial charge in [-0.2, -0.15) is 0 Å². The molecule has 3 aromatic rings. The molecule has 1 fully saturated rings. The van der Waals surface area contributed by atoms with Gasteiger partial charge in [-0.05, 0) is 53.2 Å². The molecule has 0 unspecified atom stereocenters. The van der Waals surface area contributed by atoms with Crippen LogP contribution in [0.5, 0.6) is 0 Å². The van der Waals surface area contributed by atoms with Crippen LogP contribution in [0.25, 0.3) is 10.9 Å². The summed E-state index contributed by atoms with van der Waals surface area (Å²) in [6.07, 6.45) is 2.10. The maximum absolute atomic E-state index is 12.4. The highest BCUT2D eigenvalue weighted by Gasteiger charge is 2.16. The largest absolute Gasteiger partial charge is 0.444 e. The number of anilines is 1. The molecule has 0 spiro atoms. The number of nitrogens with zero attached hydrogens (tertiary/aromatic N) is 2. The van der Waals surface area contributed by atoms with Gasteiger partial charge in [0, 0.05) is 54.5 Å². The molecule has 6 nitrogen and oxygen atoms in total. The number of benzene rings is 1. The van der Waals surface area contributed by atoms with Crippen LogP contribution >= 0.6 is 15.9 Å². The molecule has 1 aliphatic heterocycles. The third-order valence-electron chi connectivity index (χ3n) is 4.88. The standard InChI is InChI=1S/C20H22BrN3O3/c1-14-12-18(21)27-19(14)20(25)22-16-2-3-17-15(13-16)4-5-24(17)7-6-23-8-10-26-11-9-23/h2-5,12-13H,6-11H2,1H3,(H,22,25). The van der Waals surface area contributed by atoms with E-state index in [2.05, 4.69) is 49.0 Å². The Morgan fingerprint density at radius 3 is 2.74 bits per heavy atom. The maximum Gasteiger partial charge on any atom is 0.291 e. The number of rotatable bonds is 5. The number of carbonyl (C=O) groups excluding carboxylic acids is 1. The van der Waals surface area contributed by atoms with Crippen molar-refractivity contribution in [1.82, 2.24) is 9.47 Å². The molecule has 142 valence electrons. The second kappa shape index (κ2) is 7.88. The van der Waals surface area contributed by atoms with Crippen molar-refractivity contribution in [1.29, 1.82) is 0 Å². The summed E-state index contributed by atoms with van der Waals surface area (Å²) in [5.41, 5.74) is 2.72. The number of carbonyl (C=O) groups is 1. The van der Waals surface area contributed by atoms with Crippen molar-refractivity contribution in [3.63, 3.8) is 0 Å². The monoisotopic (exact) mass is 431 g/mol. The van der Waals surface area contributed by atoms with Gasteiger partial charge in [-0.3, -0.25) is 9.69 Å². The van der Waals surface area contributed by atoms with E-state index >= 15 is 0 Å². The van der Waals surface area contributed by atoms with Crippen molar-refractivity contribution in [2.75, 3.05) is 38.2 Å². The summed E-state index contributed by atoms with van der Waals surface area (Å²) in [5.74, 6) is 0.0781. The Bertz CT molecular complexity index is 957. The highest BCUT2D eigenvalue weighted by atomic mass is 79.9. The van der Waals surface area contributed by atoms with E-state index in [1.807, 2.05) is 19.1 Å². The SMILES string of the molecule is Cc1cc(Br)oc1C(=O)Nc1ccc2c(ccn2CCN2CCOCC2)c1. The molecule has 2 aromatic heterocycles. The number of hydrogen-bond donors (Lipinski definition) is 1. The third-order valence-corrected chi connectivity index (χ3v) is 5.27. The zero-order chi connectivity index (χ0) is 18.8. The average molecular weight is 432 g/mol. The molecule has 1 aromatic carbocycles. The van der Waals surface area contributed by atoms with E-state index in [9.17, 15) is 4.79 Å². The zero-order valence-electron chi connectivity index (χ0n) is 15.2. The van der Waals surface area contributed by atoms with Gasteiger partial charge in [0.25, 0.3) is 5.91 Å². The van der Waals surface area contributed by atoms with E-state index in [1.54, 1.807) is 6.07 Å². The van der Waals surface area contributed by atoms with Gasteiger partial charge in [0.05, 0.1) is 13.2 Å². The average Bonchev–Trinajstić information content (AvgIpc) is 3.22. The molecule has 3 heterocycles. The predicted molar refractivity (Wildman–Crippen MR) is 108 cm³/mol. The van der Waals surface area contributed by atoms with Gasteiger partial charge in [0.2, 0.25) is 0 Å². The molecule has 1 N–H and O–H groups in total. The Morgan fingerprint density at radius 1 is 1.19 bits per heavy atom. The maximum atomic E-state index is 12.4. The molecule has 0 atom stereocenters. The van der Waals surface area contributed by atoms with Gasteiger partial charge >= 0.3 is 0 Å². The van der Waals surface area contributed by atoms with E-state index < -0.39 is 0 Å². The quantitative estimate of drug-likeness (QED) is 0.665. The number of nitrogens with one attached hydrogen (secondary N) is 1. The lowest BCUT2D eigenvalue weighted by atomic mass is 10.2. The van der Waals surface area contributed by atoms with Gasteiger partial charge in [0.15, 0.2) is 10.4 Å². The fraction of sp³-hybridized carbons (Fsp3) is 0.350. The number of aromatic nitrogens is 1. The Kier molecular flexibility index (Phi) is 5.33. The molecule has 1 amide bonds. The van der Waals surface area contributed by atoms with Crippen LogP contribution in [0.1, 0.15) is 16.1 Å². The van der Waals surface area contributed by atoms with Crippen LogP contribution in [-0.2, 0) is 11.3 Å². The smallest absolute Gasteiger partial charge is 0.291 e. The summed E-state index contributed by atoms with van der Waals surface area (Å²) in [6, 6.07) is 9.84. The lowest BCUT2D eigenvalue weighted by Crippen LogP contribution is -2.38. The molecule has 0 aliphatic carbocycles. The van der Waals surface area contributed by atoms with E-state index in [1.165, 1.54) is 0 Å². The number of morpholine rings is 1. The molecule has 27 heavy (non-hydrogen) atoms. The van der Waals surface area contributed by atoms with Gasteiger partial charge in [-0.15, -0.1) is 0 Å². The van der Waals surface area contributed by atoms with Gasteiger partial charge in [-0.25, -0.2) is 0 Å². The minimum absolute atomic E-state index is 0.246. The molecular formula is C20H22BrN3O3. The number of furan rings is 1. The molecule has 0 saturated carbocycles. The topological polar surface area (TPSA) is 59.6 Å². The molecule has 4 rings (SSSR count). The van der Waals surface area contributed by atoms with Crippen molar-refractivity contribution in [2.24, 2.45) is 0 Å². The number of halogens is 1. The van der Waals surface area contributed by atoms with E-state index in [4.69, 9.17) is 9.15 Å². The highest BCUT2D eigenvalue weighted by Crippen LogP contribution is 2.23. The molecule has 1 aliphatic rings. The number of ether oxygens (including phenoxy) is 1. The van der Waals surface area contributed by atoms with Crippen molar-refractivity contribution >= 4 is 38.4 Å². The highest BCUT2D eigenvalue weighted by molar-refractivity contribution is 9.10. The van der Waals surface area contributed by atoms with Crippen molar-refractivity contribution < 1.29 is 13.9 Å². The van der Waals surface area contributed by atoms with Gasteiger partial charge in [0.1, 0.15) is 0 Å². The van der Waals surface area contributed by atoms with Crippen LogP contribution in [0, 0.1) is 6.92 Å². The first-order valence-corrected chi connectivity index (χ1v) is 9.86. The Hall–Kier alpha value is -2.09. The number of aryl methyl sites for hydroxylation is 1. The predicted octanol–water partition coefficient (Wildman–Crippen LogP) is 3.89. The van der Waals surface area contributed by atoms with Crippen molar-refractivity contribution in [2.45, 2.75) is 13.5 Å². The summed E-state index contributed by atoms with van der Waals surface area (Å²) in [5, 5.41) is 4.02. The minimum atomic E-state index is -0.246. The first-order chi connectivity index (χ1) is 13.1. The van der Waals surface area contributed by atoms with E-state index in [0.717, 1.165) is 61.5 Å². The molecule has 0 bridgehead atoms. The normalized spacial score (nSPS) is 15.3. The number of fused-ring (bicyclic) bond motifs is 1. The third kappa shape index (κ3) is 4.10. The summed E-state index contributed by atoms with van der Waals surface area (Å²) in [7, 11) is 0. The Morgan fingerprint density at radius 2 is 2.00 bits per heavy atom. The van der Waals surface area contributed by atoms with Crippen LogP contribution in [0.4, 0.5) is 5.69 Å². The molecule has 1 saturated heterocycles. The summed E-state index contributed by atoms with van der Waals surface area (Å²) < 4.78 is 13.6. The molecule has 7 heteroatoms. The summed E-state index contributed by atoms with van der Waals surface area (Å²) >= 11 is 3.26. The van der Waals surface area contributed by atoms with Crippen molar-refractivity contribution in [3.05, 3.63) is 52.5 Å². The summed E-state index contributed by atoms with van der Waals surface area (Å²) in [4.78, 5) is 14.8. The number of amides is 1. The second-order valence-corrected chi connectivity index (χ2v) is 7.54. The fourth-order valence-electron chi connectivity index (χ4n) is 3.40. The van der Waals surface area contributed by atoms with Gasteiger partial charge in [-0.1, -0.05) is 0 Å². The number of hydrogen-bond acceptors (Lipinski definition) is 4. The molecular weight excluding hydrogens is 410 g/mol. The summed E-state index contributed by atoms with van der Waals surface area (Å²) in [6.45, 7) is 7.44. The lowest BCUT2D eigenvalue weighted by molar-refractivity contribution is 0.0365. The molecule has 0 radical (unpaired) electrons. The van der Waals surface area contributed by atoms with Crippen LogP contribution < -0.4 is 5.32 Å². The van der Waals surface area contributed by atoms with Crippen LogP contribution in [0.2, 0.25) is 0 Å². The van der Waals surface area contributed by atoms with Crippen LogP contribution in [-0.4, -0.2) is 48.2 Å².